The van der Waals surface area contributed by atoms with E-state index in [1.165, 1.54) is 96.3 Å². The Morgan fingerprint density at radius 3 is 2.33 bits per heavy atom. The molecule has 0 aromatic rings. The molecule has 6 aliphatic rings. The van der Waals surface area contributed by atoms with Crippen LogP contribution < -0.4 is 5.73 Å². The van der Waals surface area contributed by atoms with Crippen LogP contribution in [0.3, 0.4) is 0 Å². The van der Waals surface area contributed by atoms with E-state index in [0.717, 1.165) is 30.2 Å². The van der Waals surface area contributed by atoms with E-state index in [9.17, 15) is 0 Å². The molecule has 0 aromatic heterocycles. The number of allylic oxidation sites excluding steroid dienone is 14. The minimum Gasteiger partial charge on any atom is -0.330 e. The van der Waals surface area contributed by atoms with Crippen molar-refractivity contribution < 1.29 is 0 Å². The first-order valence-electron chi connectivity index (χ1n) is 16.8. The Labute approximate surface area is 239 Å². The Bertz CT molecular complexity index is 1090. The van der Waals surface area contributed by atoms with Crippen molar-refractivity contribution in [3.8, 4) is 0 Å². The molecule has 0 amide bonds. The van der Waals surface area contributed by atoms with E-state index in [1.807, 2.05) is 5.57 Å². The summed E-state index contributed by atoms with van der Waals surface area (Å²) in [4.78, 5) is 0. The molecule has 6 aliphatic carbocycles. The molecular formula is C38H53N. The monoisotopic (exact) mass is 523 g/mol. The molecule has 0 saturated heterocycles. The summed E-state index contributed by atoms with van der Waals surface area (Å²) in [5, 5.41) is 0. The van der Waals surface area contributed by atoms with E-state index in [4.69, 9.17) is 5.73 Å². The van der Waals surface area contributed by atoms with Crippen molar-refractivity contribution in [2.75, 3.05) is 6.54 Å². The zero-order valence-electron chi connectivity index (χ0n) is 24.6. The van der Waals surface area contributed by atoms with E-state index in [-0.39, 0.29) is 0 Å². The van der Waals surface area contributed by atoms with Crippen molar-refractivity contribution in [1.82, 2.24) is 0 Å². The molecule has 0 fully saturated rings. The normalized spacial score (nSPS) is 35.7. The molecule has 1 nitrogen and oxygen atoms in total. The summed E-state index contributed by atoms with van der Waals surface area (Å²) in [5.41, 5.74) is 14.9. The summed E-state index contributed by atoms with van der Waals surface area (Å²) < 4.78 is 0. The van der Waals surface area contributed by atoms with Gasteiger partial charge in [0.25, 0.3) is 0 Å². The largest absolute Gasteiger partial charge is 0.330 e. The summed E-state index contributed by atoms with van der Waals surface area (Å²) in [6, 6.07) is 0. The third kappa shape index (κ3) is 5.81. The predicted molar refractivity (Wildman–Crippen MR) is 167 cm³/mol. The summed E-state index contributed by atoms with van der Waals surface area (Å²) in [6.45, 7) is 3.17. The zero-order valence-corrected chi connectivity index (χ0v) is 24.6. The van der Waals surface area contributed by atoms with Crippen LogP contribution in [-0.2, 0) is 0 Å². The van der Waals surface area contributed by atoms with E-state index >= 15 is 0 Å². The number of fused-ring (bicyclic) bond motifs is 1. The lowest BCUT2D eigenvalue weighted by Crippen LogP contribution is -2.29. The maximum atomic E-state index is 6.10. The highest BCUT2D eigenvalue weighted by molar-refractivity contribution is 5.43. The molecule has 39 heavy (non-hydrogen) atoms. The van der Waals surface area contributed by atoms with Crippen LogP contribution in [0.1, 0.15) is 103 Å². The highest BCUT2D eigenvalue weighted by Crippen LogP contribution is 2.50. The van der Waals surface area contributed by atoms with Crippen molar-refractivity contribution in [2.24, 2.45) is 47.2 Å². The lowest BCUT2D eigenvalue weighted by Gasteiger charge is -2.41. The molecule has 6 unspecified atom stereocenters. The molecule has 6 rings (SSSR count). The van der Waals surface area contributed by atoms with Crippen molar-refractivity contribution >= 4 is 0 Å². The Morgan fingerprint density at radius 2 is 1.62 bits per heavy atom. The van der Waals surface area contributed by atoms with Crippen molar-refractivity contribution in [3.63, 3.8) is 0 Å². The molecule has 210 valence electrons. The SMILES string of the molecule is CCC(CN)C1CC=C(C2CCC(C3CC=C([C@H]4CCC=CC4C4=CCCCC4)CC3)=C3C=CC=CC32)CC1. The van der Waals surface area contributed by atoms with Crippen molar-refractivity contribution in [3.05, 3.63) is 82.5 Å². The quantitative estimate of drug-likeness (QED) is 0.330. The first-order valence-corrected chi connectivity index (χ1v) is 16.8. The number of hydrogen-bond donors (Lipinski definition) is 1. The zero-order chi connectivity index (χ0) is 26.6. The van der Waals surface area contributed by atoms with Gasteiger partial charge in [0, 0.05) is 11.8 Å². The molecular weight excluding hydrogens is 470 g/mol. The average molecular weight is 524 g/mol. The Hall–Kier alpha value is -1.86. The van der Waals surface area contributed by atoms with Gasteiger partial charge in [0.1, 0.15) is 0 Å². The summed E-state index contributed by atoms with van der Waals surface area (Å²) in [5.74, 6) is 5.05. The number of rotatable bonds is 7. The maximum Gasteiger partial charge on any atom is 0.00863 e. The van der Waals surface area contributed by atoms with Crippen LogP contribution >= 0.6 is 0 Å². The summed E-state index contributed by atoms with van der Waals surface area (Å²) >= 11 is 0. The Kier molecular flexibility index (Phi) is 8.94. The summed E-state index contributed by atoms with van der Waals surface area (Å²) in [7, 11) is 0. The first kappa shape index (κ1) is 27.3. The third-order valence-electron chi connectivity index (χ3n) is 11.6. The van der Waals surface area contributed by atoms with Gasteiger partial charge in [-0.2, -0.15) is 0 Å². The minimum atomic E-state index is 0.606. The van der Waals surface area contributed by atoms with Crippen LogP contribution in [0, 0.1) is 41.4 Å². The van der Waals surface area contributed by atoms with Gasteiger partial charge in [-0.1, -0.05) is 90.3 Å². The highest BCUT2D eigenvalue weighted by atomic mass is 14.6. The summed E-state index contributed by atoms with van der Waals surface area (Å²) in [6.07, 6.45) is 42.5. The number of nitrogens with two attached hydrogens (primary N) is 1. The predicted octanol–water partition coefficient (Wildman–Crippen LogP) is 9.96. The molecule has 0 bridgehead atoms. The molecule has 1 heteroatoms. The second kappa shape index (κ2) is 12.8. The van der Waals surface area contributed by atoms with Gasteiger partial charge in [-0.3, -0.25) is 0 Å². The van der Waals surface area contributed by atoms with Gasteiger partial charge in [-0.15, -0.1) is 0 Å². The fourth-order valence-corrected chi connectivity index (χ4v) is 9.36. The smallest absolute Gasteiger partial charge is 0.00863 e. The van der Waals surface area contributed by atoms with Gasteiger partial charge in [0.05, 0.1) is 0 Å². The van der Waals surface area contributed by atoms with Gasteiger partial charge in [0.2, 0.25) is 0 Å². The van der Waals surface area contributed by atoms with Crippen LogP contribution in [0.25, 0.3) is 0 Å². The topological polar surface area (TPSA) is 26.0 Å². The molecule has 0 saturated carbocycles. The van der Waals surface area contributed by atoms with E-state index in [2.05, 4.69) is 61.6 Å². The minimum absolute atomic E-state index is 0.606. The van der Waals surface area contributed by atoms with E-state index in [0.29, 0.717) is 17.8 Å². The Balaban J connectivity index is 1.16. The third-order valence-corrected chi connectivity index (χ3v) is 11.6. The number of hydrogen-bond acceptors (Lipinski definition) is 1. The first-order chi connectivity index (χ1) is 19.3. The van der Waals surface area contributed by atoms with Gasteiger partial charge in [-0.05, 0) is 132 Å². The molecule has 0 aliphatic heterocycles. The lowest BCUT2D eigenvalue weighted by molar-refractivity contribution is 0.289. The second-order valence-electron chi connectivity index (χ2n) is 13.5. The van der Waals surface area contributed by atoms with Crippen LogP contribution in [0.4, 0.5) is 0 Å². The standard InChI is InChI=1S/C38H53N/c1-2-27(26-39)28-16-18-31(19-17-28)35-24-25-36(38-15-9-8-14-37(35)38)32-22-20-30(21-23-32)34-13-7-6-12-33(34)29-10-4-3-5-11-29/h6,8-10,12,14-15,18,20,27-28,32-35,37H,2-5,7,11,13,16-17,19,21-26,39H2,1H3/t27?,28?,32?,33?,34-,35?,37?/m1/s1. The molecule has 0 spiro atoms. The molecule has 7 atom stereocenters. The second-order valence-corrected chi connectivity index (χ2v) is 13.5. The highest BCUT2D eigenvalue weighted by Gasteiger charge is 2.37. The van der Waals surface area contributed by atoms with Crippen molar-refractivity contribution in [2.45, 2.75) is 103 Å². The van der Waals surface area contributed by atoms with Gasteiger partial charge >= 0.3 is 0 Å². The van der Waals surface area contributed by atoms with Crippen molar-refractivity contribution in [1.29, 1.82) is 0 Å². The van der Waals surface area contributed by atoms with Crippen LogP contribution in [0.2, 0.25) is 0 Å². The van der Waals surface area contributed by atoms with Crippen LogP contribution in [0.15, 0.2) is 82.5 Å². The molecule has 2 N–H and O–H groups in total. The van der Waals surface area contributed by atoms with Gasteiger partial charge < -0.3 is 5.73 Å². The molecule has 0 aromatic carbocycles. The van der Waals surface area contributed by atoms with Gasteiger partial charge in [-0.25, -0.2) is 0 Å². The fourth-order valence-electron chi connectivity index (χ4n) is 9.36. The molecule has 0 heterocycles. The Morgan fingerprint density at radius 1 is 0.769 bits per heavy atom. The van der Waals surface area contributed by atoms with E-state index in [1.54, 1.807) is 22.3 Å². The molecule has 0 radical (unpaired) electrons. The van der Waals surface area contributed by atoms with E-state index < -0.39 is 0 Å². The maximum absolute atomic E-state index is 6.10. The van der Waals surface area contributed by atoms with Gasteiger partial charge in [0.15, 0.2) is 0 Å². The average Bonchev–Trinajstić information content (AvgIpc) is 3.02. The fraction of sp³-hybridized carbons (Fsp3) is 0.632. The van der Waals surface area contributed by atoms with Crippen LogP contribution in [-0.4, -0.2) is 6.54 Å². The lowest BCUT2D eigenvalue weighted by atomic mass is 9.64. The van der Waals surface area contributed by atoms with Crippen LogP contribution in [0.5, 0.6) is 0 Å².